The van der Waals surface area contributed by atoms with Crippen LogP contribution in [0, 0.1) is 11.7 Å². The molecule has 0 radical (unpaired) electrons. The summed E-state index contributed by atoms with van der Waals surface area (Å²) in [5, 5.41) is 13.7. The minimum Gasteiger partial charge on any atom is -0.391 e. The number of aromatic nitrogens is 2. The van der Waals surface area contributed by atoms with Gasteiger partial charge in [-0.3, -0.25) is 4.90 Å². The Morgan fingerprint density at radius 1 is 1.14 bits per heavy atom. The van der Waals surface area contributed by atoms with Gasteiger partial charge in [-0.15, -0.1) is 0 Å². The van der Waals surface area contributed by atoms with Crippen molar-refractivity contribution in [1.29, 1.82) is 0 Å². The molecule has 198 valence electrons. The largest absolute Gasteiger partial charge is 0.416 e. The highest BCUT2D eigenvalue weighted by atomic mass is 19.4. The third-order valence-electron chi connectivity index (χ3n) is 7.27. The number of nitrogens with two attached hydrogens (primary N) is 1. The SMILES string of the molecule is CC(C)(CN)N1CC[C@H](CNc2ncnc(N(Cc3ccc(C(F)(F)F)cc3)C3CC3)c2F)[C@@H](O)C1. The summed E-state index contributed by atoms with van der Waals surface area (Å²) in [5.74, 6) is -0.503. The van der Waals surface area contributed by atoms with Gasteiger partial charge in [-0.25, -0.2) is 9.97 Å². The molecular formula is C25H34F4N6O. The van der Waals surface area contributed by atoms with E-state index in [1.165, 1.54) is 18.5 Å². The van der Waals surface area contributed by atoms with E-state index >= 15 is 4.39 Å². The van der Waals surface area contributed by atoms with Crippen molar-refractivity contribution in [3.8, 4) is 0 Å². The second kappa shape index (κ2) is 10.5. The molecule has 2 atom stereocenters. The van der Waals surface area contributed by atoms with Gasteiger partial charge in [0.25, 0.3) is 0 Å². The maximum Gasteiger partial charge on any atom is 0.416 e. The van der Waals surface area contributed by atoms with Gasteiger partial charge in [0.1, 0.15) is 6.33 Å². The van der Waals surface area contributed by atoms with Crippen LogP contribution in [-0.2, 0) is 12.7 Å². The molecule has 1 aromatic carbocycles. The molecule has 4 N–H and O–H groups in total. The number of aliphatic hydroxyl groups is 1. The summed E-state index contributed by atoms with van der Waals surface area (Å²) in [7, 11) is 0. The fraction of sp³-hybridized carbons (Fsp3) is 0.600. The molecule has 1 aromatic heterocycles. The van der Waals surface area contributed by atoms with Gasteiger partial charge in [-0.2, -0.15) is 17.6 Å². The lowest BCUT2D eigenvalue weighted by molar-refractivity contribution is -0.137. The predicted octanol–water partition coefficient (Wildman–Crippen LogP) is 3.64. The van der Waals surface area contributed by atoms with E-state index in [1.54, 1.807) is 4.90 Å². The molecule has 0 unspecified atom stereocenters. The molecule has 4 rings (SSSR count). The second-order valence-electron chi connectivity index (χ2n) is 10.4. The Bertz CT molecular complexity index is 1030. The number of aliphatic hydroxyl groups excluding tert-OH is 1. The first-order valence-corrected chi connectivity index (χ1v) is 12.3. The predicted molar refractivity (Wildman–Crippen MR) is 130 cm³/mol. The maximum absolute atomic E-state index is 15.5. The summed E-state index contributed by atoms with van der Waals surface area (Å²) in [6, 6.07) is 4.97. The molecule has 0 amide bonds. The maximum atomic E-state index is 15.5. The third kappa shape index (κ3) is 6.07. The van der Waals surface area contributed by atoms with E-state index in [0.717, 1.165) is 37.9 Å². The molecule has 2 heterocycles. The van der Waals surface area contributed by atoms with E-state index in [9.17, 15) is 18.3 Å². The molecule has 0 bridgehead atoms. The highest BCUT2D eigenvalue weighted by Crippen LogP contribution is 2.35. The van der Waals surface area contributed by atoms with Crippen molar-refractivity contribution < 1.29 is 22.7 Å². The topological polar surface area (TPSA) is 90.5 Å². The average molecular weight is 511 g/mol. The molecule has 36 heavy (non-hydrogen) atoms. The van der Waals surface area contributed by atoms with Crippen molar-refractivity contribution in [2.45, 2.75) is 63.5 Å². The molecular weight excluding hydrogens is 476 g/mol. The zero-order chi connectivity index (χ0) is 26.1. The van der Waals surface area contributed by atoms with Gasteiger partial charge in [-0.05, 0) is 57.4 Å². The number of anilines is 2. The lowest BCUT2D eigenvalue weighted by Gasteiger charge is -2.44. The van der Waals surface area contributed by atoms with Crippen LogP contribution >= 0.6 is 0 Å². The van der Waals surface area contributed by atoms with Gasteiger partial charge in [0, 0.05) is 43.7 Å². The molecule has 1 aliphatic carbocycles. The Kier molecular flexibility index (Phi) is 7.72. The number of rotatable bonds is 9. The van der Waals surface area contributed by atoms with Crippen molar-refractivity contribution in [3.63, 3.8) is 0 Å². The van der Waals surface area contributed by atoms with Crippen molar-refractivity contribution in [3.05, 3.63) is 47.5 Å². The number of β-amino-alcohol motifs (C(OH)–C–C–N with tert-alkyl or cyclic N) is 1. The Hall–Kier alpha value is -2.50. The van der Waals surface area contributed by atoms with Crippen LogP contribution in [0.25, 0.3) is 0 Å². The molecule has 11 heteroatoms. The normalized spacial score (nSPS) is 21.4. The van der Waals surface area contributed by atoms with Gasteiger partial charge in [0.05, 0.1) is 11.7 Å². The Morgan fingerprint density at radius 3 is 2.42 bits per heavy atom. The first kappa shape index (κ1) is 26.6. The molecule has 1 saturated carbocycles. The molecule has 2 aliphatic rings. The van der Waals surface area contributed by atoms with Gasteiger partial charge in [0.15, 0.2) is 11.6 Å². The minimum atomic E-state index is -4.40. The molecule has 7 nitrogen and oxygen atoms in total. The second-order valence-corrected chi connectivity index (χ2v) is 10.4. The fourth-order valence-electron chi connectivity index (χ4n) is 4.57. The first-order valence-electron chi connectivity index (χ1n) is 12.3. The number of hydrogen-bond donors (Lipinski definition) is 3. The molecule has 2 fully saturated rings. The first-order chi connectivity index (χ1) is 17.0. The Labute approximate surface area is 208 Å². The Morgan fingerprint density at radius 2 is 1.83 bits per heavy atom. The average Bonchev–Trinajstić information content (AvgIpc) is 3.68. The molecule has 0 spiro atoms. The van der Waals surface area contributed by atoms with Crippen molar-refractivity contribution in [1.82, 2.24) is 14.9 Å². The van der Waals surface area contributed by atoms with E-state index in [2.05, 4.69) is 20.2 Å². The number of nitrogens with zero attached hydrogens (tertiary/aromatic N) is 4. The van der Waals surface area contributed by atoms with Gasteiger partial charge in [0.2, 0.25) is 5.82 Å². The third-order valence-corrected chi connectivity index (χ3v) is 7.27. The van der Waals surface area contributed by atoms with Gasteiger partial charge < -0.3 is 21.1 Å². The van der Waals surface area contributed by atoms with Crippen LogP contribution < -0.4 is 16.0 Å². The van der Waals surface area contributed by atoms with Crippen LogP contribution in [0.2, 0.25) is 0 Å². The van der Waals surface area contributed by atoms with E-state index < -0.39 is 23.7 Å². The van der Waals surface area contributed by atoms with Crippen LogP contribution in [-0.4, -0.2) is 63.8 Å². The van der Waals surface area contributed by atoms with E-state index in [-0.39, 0.29) is 35.7 Å². The highest BCUT2D eigenvalue weighted by Gasteiger charge is 2.36. The lowest BCUT2D eigenvalue weighted by Crippen LogP contribution is -2.57. The van der Waals surface area contributed by atoms with E-state index in [4.69, 9.17) is 5.73 Å². The number of likely N-dealkylation sites (tertiary alicyclic amines) is 1. The van der Waals surface area contributed by atoms with Crippen LogP contribution in [0.1, 0.15) is 44.2 Å². The smallest absolute Gasteiger partial charge is 0.391 e. The summed E-state index contributed by atoms with van der Waals surface area (Å²) in [4.78, 5) is 12.2. The molecule has 2 aromatic rings. The van der Waals surface area contributed by atoms with Crippen molar-refractivity contribution in [2.75, 3.05) is 36.4 Å². The quantitative estimate of drug-likeness (QED) is 0.444. The van der Waals surface area contributed by atoms with E-state index in [0.29, 0.717) is 25.2 Å². The number of piperidine rings is 1. The minimum absolute atomic E-state index is 0.0509. The summed E-state index contributed by atoms with van der Waals surface area (Å²) in [6.07, 6.45) is -1.25. The number of benzene rings is 1. The van der Waals surface area contributed by atoms with Crippen LogP contribution in [0.15, 0.2) is 30.6 Å². The molecule has 1 aliphatic heterocycles. The van der Waals surface area contributed by atoms with Crippen LogP contribution in [0.5, 0.6) is 0 Å². The summed E-state index contributed by atoms with van der Waals surface area (Å²) >= 11 is 0. The number of halogens is 4. The van der Waals surface area contributed by atoms with E-state index in [1.807, 2.05) is 13.8 Å². The summed E-state index contributed by atoms with van der Waals surface area (Å²) in [5.41, 5.74) is 5.58. The molecule has 1 saturated heterocycles. The van der Waals surface area contributed by atoms with Gasteiger partial charge >= 0.3 is 6.18 Å². The van der Waals surface area contributed by atoms with Crippen molar-refractivity contribution >= 4 is 11.6 Å². The lowest BCUT2D eigenvalue weighted by atomic mass is 9.90. The Balaban J connectivity index is 1.43. The standard InChI is InChI=1S/C25H34F4N6O/c1-24(2,14-30)34-10-9-17(20(36)13-34)11-31-22-21(26)23(33-15-32-22)35(19-7-8-19)12-16-3-5-18(6-4-16)25(27,28)29/h3-6,15,17,19-20,36H,7-14,30H2,1-2H3,(H,31,32,33)/t17-,20+/m1/s1. The fourth-order valence-corrected chi connectivity index (χ4v) is 4.57. The van der Waals surface area contributed by atoms with Crippen LogP contribution in [0.4, 0.5) is 29.2 Å². The highest BCUT2D eigenvalue weighted by molar-refractivity contribution is 5.52. The summed E-state index contributed by atoms with van der Waals surface area (Å²) < 4.78 is 54.2. The zero-order valence-electron chi connectivity index (χ0n) is 20.6. The van der Waals surface area contributed by atoms with Crippen LogP contribution in [0.3, 0.4) is 0 Å². The zero-order valence-corrected chi connectivity index (χ0v) is 20.6. The number of hydrogen-bond acceptors (Lipinski definition) is 7. The van der Waals surface area contributed by atoms with Gasteiger partial charge in [-0.1, -0.05) is 12.1 Å². The summed E-state index contributed by atoms with van der Waals surface area (Å²) in [6.45, 7) is 6.46. The monoisotopic (exact) mass is 510 g/mol. The number of alkyl halides is 3. The number of nitrogens with one attached hydrogen (secondary N) is 1. The van der Waals surface area contributed by atoms with Crippen molar-refractivity contribution in [2.24, 2.45) is 11.7 Å².